The van der Waals surface area contributed by atoms with Gasteiger partial charge in [-0.05, 0) is 12.1 Å². The van der Waals surface area contributed by atoms with Crippen molar-refractivity contribution in [2.24, 2.45) is 5.73 Å². The van der Waals surface area contributed by atoms with Gasteiger partial charge in [-0.1, -0.05) is 0 Å². The maximum Gasteiger partial charge on any atom is 0.329 e. The predicted octanol–water partition coefficient (Wildman–Crippen LogP) is -0.0928. The molecule has 0 aliphatic heterocycles. The number of furan rings is 1. The zero-order valence-electron chi connectivity index (χ0n) is 7.17. The van der Waals surface area contributed by atoms with E-state index < -0.39 is 24.6 Å². The van der Waals surface area contributed by atoms with Crippen LogP contribution in [-0.4, -0.2) is 23.6 Å². The summed E-state index contributed by atoms with van der Waals surface area (Å²) in [4.78, 5) is 21.0. The number of nitrogens with two attached hydrogens (primary N) is 1. The third-order valence-corrected chi connectivity index (χ3v) is 1.43. The Kier molecular flexibility index (Phi) is 3.24. The number of carboxylic acids is 1. The molecule has 14 heavy (non-hydrogen) atoms. The lowest BCUT2D eigenvalue weighted by molar-refractivity contribution is -0.148. The summed E-state index contributed by atoms with van der Waals surface area (Å²) < 4.78 is 9.61. The van der Waals surface area contributed by atoms with E-state index in [1.165, 1.54) is 12.3 Å². The first-order valence-corrected chi connectivity index (χ1v) is 3.77. The molecule has 1 atom stereocenters. The van der Waals surface area contributed by atoms with Crippen LogP contribution in [0.3, 0.4) is 0 Å². The van der Waals surface area contributed by atoms with Gasteiger partial charge in [0.2, 0.25) is 0 Å². The Balaban J connectivity index is 2.66. The van der Waals surface area contributed by atoms with Crippen LogP contribution in [0.5, 0.6) is 0 Å². The molecule has 0 saturated carbocycles. The molecule has 76 valence electrons. The Morgan fingerprint density at radius 3 is 2.79 bits per heavy atom. The fourth-order valence-corrected chi connectivity index (χ4v) is 0.900. The third-order valence-electron chi connectivity index (χ3n) is 1.43. The molecule has 0 bridgehead atoms. The second-order valence-electron chi connectivity index (χ2n) is 2.50. The standard InChI is InChI=1S/C8H9NO5/c9-8(12)7(14-4-6(10)11)5-2-1-3-13-5/h1-3,7H,4H2,(H2,9,12)(H,10,11). The Morgan fingerprint density at radius 1 is 1.64 bits per heavy atom. The van der Waals surface area contributed by atoms with Gasteiger partial charge in [-0.3, -0.25) is 4.79 Å². The van der Waals surface area contributed by atoms with Gasteiger partial charge in [0.05, 0.1) is 6.26 Å². The first kappa shape index (κ1) is 10.3. The first-order valence-electron chi connectivity index (χ1n) is 3.77. The van der Waals surface area contributed by atoms with E-state index in [0.29, 0.717) is 0 Å². The zero-order chi connectivity index (χ0) is 10.6. The lowest BCUT2D eigenvalue weighted by Gasteiger charge is -2.09. The van der Waals surface area contributed by atoms with Gasteiger partial charge in [-0.25, -0.2) is 4.79 Å². The molecule has 3 N–H and O–H groups in total. The number of amides is 1. The van der Waals surface area contributed by atoms with Crippen LogP contribution < -0.4 is 5.73 Å². The molecule has 1 rings (SSSR count). The maximum atomic E-state index is 10.9. The van der Waals surface area contributed by atoms with E-state index in [-0.39, 0.29) is 5.76 Å². The molecule has 0 fully saturated rings. The number of aliphatic carboxylic acids is 1. The van der Waals surface area contributed by atoms with Crippen molar-refractivity contribution in [3.05, 3.63) is 24.2 Å². The van der Waals surface area contributed by atoms with E-state index in [4.69, 9.17) is 20.0 Å². The van der Waals surface area contributed by atoms with Gasteiger partial charge >= 0.3 is 5.97 Å². The van der Waals surface area contributed by atoms with Gasteiger partial charge in [-0.15, -0.1) is 0 Å². The zero-order valence-corrected chi connectivity index (χ0v) is 7.17. The summed E-state index contributed by atoms with van der Waals surface area (Å²) in [5, 5.41) is 8.33. The molecule has 0 aliphatic carbocycles. The minimum atomic E-state index is -1.18. The topological polar surface area (TPSA) is 103 Å². The molecular weight excluding hydrogens is 190 g/mol. The minimum Gasteiger partial charge on any atom is -0.480 e. The van der Waals surface area contributed by atoms with E-state index in [1.54, 1.807) is 6.07 Å². The van der Waals surface area contributed by atoms with Crippen LogP contribution in [0.15, 0.2) is 22.8 Å². The van der Waals surface area contributed by atoms with Crippen molar-refractivity contribution in [2.75, 3.05) is 6.61 Å². The molecule has 0 radical (unpaired) electrons. The van der Waals surface area contributed by atoms with Gasteiger partial charge in [0.15, 0.2) is 6.10 Å². The Bertz CT molecular complexity index is 318. The summed E-state index contributed by atoms with van der Waals surface area (Å²) in [6.45, 7) is -0.603. The van der Waals surface area contributed by atoms with Crippen molar-refractivity contribution >= 4 is 11.9 Å². The quantitative estimate of drug-likeness (QED) is 0.689. The van der Waals surface area contributed by atoms with Gasteiger partial charge < -0.3 is 20.0 Å². The molecule has 1 aromatic rings. The van der Waals surface area contributed by atoms with Crippen LogP contribution >= 0.6 is 0 Å². The lowest BCUT2D eigenvalue weighted by atomic mass is 10.2. The number of carbonyl (C=O) groups is 2. The number of carboxylic acid groups (broad SMARTS) is 1. The highest BCUT2D eigenvalue weighted by Crippen LogP contribution is 2.16. The molecule has 6 nitrogen and oxygen atoms in total. The second kappa shape index (κ2) is 4.43. The smallest absolute Gasteiger partial charge is 0.329 e. The lowest BCUT2D eigenvalue weighted by Crippen LogP contribution is -2.25. The van der Waals surface area contributed by atoms with Crippen molar-refractivity contribution in [3.63, 3.8) is 0 Å². The summed E-state index contributed by atoms with van der Waals surface area (Å²) in [7, 11) is 0. The van der Waals surface area contributed by atoms with Crippen molar-refractivity contribution in [3.8, 4) is 0 Å². The molecular formula is C8H9NO5. The van der Waals surface area contributed by atoms with Gasteiger partial charge in [-0.2, -0.15) is 0 Å². The fraction of sp³-hybridized carbons (Fsp3) is 0.250. The molecule has 1 unspecified atom stereocenters. The second-order valence-corrected chi connectivity index (χ2v) is 2.50. The van der Waals surface area contributed by atoms with E-state index in [9.17, 15) is 9.59 Å². The molecule has 0 aromatic carbocycles. The van der Waals surface area contributed by atoms with E-state index in [0.717, 1.165) is 0 Å². The summed E-state index contributed by atoms with van der Waals surface area (Å²) in [5.41, 5.74) is 5.00. The van der Waals surface area contributed by atoms with Crippen molar-refractivity contribution < 1.29 is 23.8 Å². The van der Waals surface area contributed by atoms with E-state index >= 15 is 0 Å². The highest BCUT2D eigenvalue weighted by Gasteiger charge is 2.22. The summed E-state index contributed by atoms with van der Waals surface area (Å²) in [6, 6.07) is 3.03. The normalized spacial score (nSPS) is 12.3. The van der Waals surface area contributed by atoms with Gasteiger partial charge in [0.1, 0.15) is 12.4 Å². The fourth-order valence-electron chi connectivity index (χ4n) is 0.900. The number of primary amides is 1. The number of ether oxygens (including phenoxy) is 1. The van der Waals surface area contributed by atoms with Crippen molar-refractivity contribution in [2.45, 2.75) is 6.10 Å². The highest BCUT2D eigenvalue weighted by molar-refractivity contribution is 5.80. The average Bonchev–Trinajstić information content (AvgIpc) is 2.56. The van der Waals surface area contributed by atoms with Crippen LogP contribution in [0.4, 0.5) is 0 Å². The molecule has 6 heteroatoms. The van der Waals surface area contributed by atoms with Crippen LogP contribution in [0.2, 0.25) is 0 Å². The highest BCUT2D eigenvalue weighted by atomic mass is 16.5. The molecule has 0 saturated heterocycles. The molecule has 1 aromatic heterocycles. The molecule has 0 spiro atoms. The number of hydrogen-bond acceptors (Lipinski definition) is 4. The predicted molar refractivity (Wildman–Crippen MR) is 44.2 cm³/mol. The van der Waals surface area contributed by atoms with Crippen LogP contribution in [0.25, 0.3) is 0 Å². The Labute approximate surface area is 79.3 Å². The number of rotatable bonds is 5. The summed E-state index contributed by atoms with van der Waals surface area (Å²) >= 11 is 0. The average molecular weight is 199 g/mol. The Morgan fingerprint density at radius 2 is 2.36 bits per heavy atom. The third kappa shape index (κ3) is 2.60. The van der Waals surface area contributed by atoms with Crippen LogP contribution in [-0.2, 0) is 14.3 Å². The van der Waals surface area contributed by atoms with Gasteiger partial charge in [0, 0.05) is 0 Å². The van der Waals surface area contributed by atoms with Crippen molar-refractivity contribution in [1.82, 2.24) is 0 Å². The van der Waals surface area contributed by atoms with Crippen molar-refractivity contribution in [1.29, 1.82) is 0 Å². The first-order chi connectivity index (χ1) is 6.61. The van der Waals surface area contributed by atoms with Crippen LogP contribution in [0, 0.1) is 0 Å². The Hall–Kier alpha value is -1.82. The van der Waals surface area contributed by atoms with Gasteiger partial charge in [0.25, 0.3) is 5.91 Å². The number of carbonyl (C=O) groups excluding carboxylic acids is 1. The summed E-state index contributed by atoms with van der Waals surface area (Å²) in [6.07, 6.45) is 0.191. The molecule has 1 amide bonds. The SMILES string of the molecule is NC(=O)C(OCC(=O)O)c1ccco1. The van der Waals surface area contributed by atoms with Crippen LogP contribution in [0.1, 0.15) is 11.9 Å². The minimum absolute atomic E-state index is 0.193. The largest absolute Gasteiger partial charge is 0.480 e. The van der Waals surface area contributed by atoms with E-state index in [1.807, 2.05) is 0 Å². The maximum absolute atomic E-state index is 10.9. The monoisotopic (exact) mass is 199 g/mol. The molecule has 0 aliphatic rings. The van der Waals surface area contributed by atoms with E-state index in [2.05, 4.69) is 0 Å². The number of hydrogen-bond donors (Lipinski definition) is 2. The summed E-state index contributed by atoms with van der Waals surface area (Å²) in [5.74, 6) is -1.78. The molecule has 1 heterocycles.